The van der Waals surface area contributed by atoms with Gasteiger partial charge in [-0.15, -0.1) is 0 Å². The van der Waals surface area contributed by atoms with Gasteiger partial charge in [0.05, 0.1) is 1.37 Å². The molecule has 0 bridgehead atoms. The minimum absolute atomic E-state index is 0.0602. The lowest BCUT2D eigenvalue weighted by Crippen LogP contribution is -2.34. The van der Waals surface area contributed by atoms with Crippen molar-refractivity contribution in [3.63, 3.8) is 0 Å². The average molecular weight is 141 g/mol. The van der Waals surface area contributed by atoms with E-state index < -0.39 is 6.02 Å². The first-order valence-corrected chi connectivity index (χ1v) is 2.58. The van der Waals surface area contributed by atoms with E-state index in [1.165, 1.54) is 0 Å². The zero-order chi connectivity index (χ0) is 9.64. The Morgan fingerprint density at radius 1 is 1.60 bits per heavy atom. The Kier molecular flexibility index (Phi) is 0.527. The maximum atomic E-state index is 7.68. The van der Waals surface area contributed by atoms with E-state index in [-0.39, 0.29) is 24.3 Å². The van der Waals surface area contributed by atoms with Gasteiger partial charge >= 0.3 is 0 Å². The Morgan fingerprint density at radius 3 is 3.40 bits per heavy atom. The zero-order valence-corrected chi connectivity index (χ0v) is 4.87. The van der Waals surface area contributed by atoms with Crippen LogP contribution in [0.5, 0.6) is 0 Å². The van der Waals surface area contributed by atoms with Crippen LogP contribution in [-0.4, -0.2) is 30.3 Å². The highest BCUT2D eigenvalue weighted by atomic mass is 15.1. The normalized spacial score (nSPS) is 41.4. The summed E-state index contributed by atoms with van der Waals surface area (Å²) in [6, 6.07) is -1.68. The van der Waals surface area contributed by atoms with Gasteiger partial charge < -0.3 is 5.73 Å². The predicted molar refractivity (Wildman–Crippen MR) is 39.8 cm³/mol. The van der Waals surface area contributed by atoms with Gasteiger partial charge in [0, 0.05) is 0 Å². The van der Waals surface area contributed by atoms with E-state index in [9.17, 15) is 0 Å². The maximum absolute atomic E-state index is 7.68. The average Bonchev–Trinajstić information content (AvgIpc) is 2.26. The summed E-state index contributed by atoms with van der Waals surface area (Å²) in [5.41, 5.74) is 5.40. The third kappa shape index (κ3) is 0.570. The molecular weight excluding hydrogens is 130 g/mol. The highest BCUT2D eigenvalue weighted by molar-refractivity contribution is 6.19. The van der Waals surface area contributed by atoms with E-state index in [1.807, 2.05) is 0 Å². The van der Waals surface area contributed by atoms with Crippen LogP contribution in [0.4, 0.5) is 0 Å². The minimum atomic E-state index is -1.68. The molecular formula is C5H5N5. The molecule has 0 saturated carbocycles. The Morgan fingerprint density at radius 2 is 2.50 bits per heavy atom. The van der Waals surface area contributed by atoms with Gasteiger partial charge in [0.25, 0.3) is 0 Å². The molecule has 10 heavy (non-hydrogen) atoms. The van der Waals surface area contributed by atoms with Crippen molar-refractivity contribution in [2.24, 2.45) is 25.7 Å². The first-order chi connectivity index (χ1) is 6.02. The number of aliphatic imine (C=N–C) groups is 4. The van der Waals surface area contributed by atoms with Crippen molar-refractivity contribution in [3.8, 4) is 0 Å². The number of rotatable bonds is 0. The summed E-state index contributed by atoms with van der Waals surface area (Å²) >= 11 is 0. The van der Waals surface area contributed by atoms with Gasteiger partial charge in [-0.05, 0) is 0 Å². The van der Waals surface area contributed by atoms with Gasteiger partial charge in [-0.25, -0.2) is 15.0 Å². The molecule has 5 nitrogen and oxygen atoms in total. The van der Waals surface area contributed by atoms with Gasteiger partial charge in [0.1, 0.15) is 21.2 Å². The van der Waals surface area contributed by atoms with Crippen molar-refractivity contribution in [1.82, 2.24) is 0 Å². The molecule has 0 aromatic carbocycles. The van der Waals surface area contributed by atoms with Crippen molar-refractivity contribution in [2.75, 3.05) is 0 Å². The second kappa shape index (κ2) is 1.73. The Hall–Kier alpha value is -1.52. The molecule has 0 radical (unpaired) electrons. The Labute approximate surface area is 61.3 Å². The number of fused-ring (bicyclic) bond motifs is 1. The molecule has 2 aliphatic rings. The summed E-state index contributed by atoms with van der Waals surface area (Å²) in [6.45, 7) is 0. The lowest BCUT2D eigenvalue weighted by atomic mass is 10.2. The fourth-order valence-electron chi connectivity index (χ4n) is 0.654. The molecule has 2 N–H and O–H groups in total. The van der Waals surface area contributed by atoms with E-state index in [2.05, 4.69) is 20.0 Å². The lowest BCUT2D eigenvalue weighted by molar-refractivity contribution is 1.12. The summed E-state index contributed by atoms with van der Waals surface area (Å²) in [4.78, 5) is 14.2. The van der Waals surface area contributed by atoms with E-state index in [0.717, 1.165) is 0 Å². The number of nitrogens with two attached hydrogens (primary N) is 1. The molecule has 2 heterocycles. The number of nitrogens with zero attached hydrogens (tertiary/aromatic N) is 4. The highest BCUT2D eigenvalue weighted by Crippen LogP contribution is 2.05. The van der Waals surface area contributed by atoms with Crippen LogP contribution in [0.25, 0.3) is 0 Å². The molecule has 0 fully saturated rings. The van der Waals surface area contributed by atoms with Crippen molar-refractivity contribution in [2.45, 2.75) is 6.02 Å². The van der Waals surface area contributed by atoms with Crippen LogP contribution in [0.15, 0.2) is 20.0 Å². The van der Waals surface area contributed by atoms with Crippen LogP contribution in [-0.2, 0) is 0 Å². The Balaban J connectivity index is 2.58. The van der Waals surface area contributed by atoms with E-state index in [4.69, 9.17) is 9.85 Å². The summed E-state index contributed by atoms with van der Waals surface area (Å²) in [6.07, 6.45) is -0.634. The fourth-order valence-corrected chi connectivity index (χ4v) is 0.654. The molecule has 0 saturated heterocycles. The van der Waals surface area contributed by atoms with Crippen LogP contribution < -0.4 is 5.73 Å². The maximum Gasteiger partial charge on any atom is 0.168 e. The zero-order valence-electron chi connectivity index (χ0n) is 7.87. The molecule has 0 aromatic rings. The first-order valence-electron chi connectivity index (χ1n) is 4.08. The largest absolute Gasteiger partial charge is 0.385 e. The van der Waals surface area contributed by atoms with E-state index >= 15 is 0 Å². The van der Waals surface area contributed by atoms with Gasteiger partial charge in [-0.3, -0.25) is 4.99 Å². The molecule has 0 spiro atoms. The molecule has 0 aliphatic carbocycles. The van der Waals surface area contributed by atoms with E-state index in [1.54, 1.807) is 0 Å². The van der Waals surface area contributed by atoms with Gasteiger partial charge in [0.15, 0.2) is 11.9 Å². The van der Waals surface area contributed by atoms with Crippen LogP contribution in [0.2, 0.25) is 0 Å². The van der Waals surface area contributed by atoms with Crippen molar-refractivity contribution in [3.05, 3.63) is 0 Å². The number of amidine groups is 4. The molecule has 1 atom stereocenters. The first kappa shape index (κ1) is 3.05. The minimum Gasteiger partial charge on any atom is -0.385 e. The molecule has 0 aromatic heterocycles. The molecule has 5 heteroatoms. The second-order valence-corrected chi connectivity index (χ2v) is 1.70. The van der Waals surface area contributed by atoms with Crippen LogP contribution >= 0.6 is 0 Å². The second-order valence-electron chi connectivity index (χ2n) is 1.70. The van der Waals surface area contributed by atoms with Crippen LogP contribution in [0, 0.1) is 0 Å². The quantitative estimate of drug-likeness (QED) is 0.471. The molecule has 50 valence electrons. The van der Waals surface area contributed by atoms with Gasteiger partial charge in [-0.1, -0.05) is 0 Å². The van der Waals surface area contributed by atoms with Gasteiger partial charge in [0.2, 0.25) is 0 Å². The van der Waals surface area contributed by atoms with Crippen molar-refractivity contribution >= 4 is 24.3 Å². The third-order valence-corrected chi connectivity index (χ3v) is 1.10. The molecule has 2 rings (SSSR count). The van der Waals surface area contributed by atoms with Crippen molar-refractivity contribution in [1.29, 1.82) is 0 Å². The summed E-state index contributed by atoms with van der Waals surface area (Å²) < 4.78 is 21.9. The number of hydrogen-bond donors (Lipinski definition) is 1. The SMILES string of the molecule is [3H]C1=NC2=NC([3H])=NC2([3H])C(N)=N1. The summed E-state index contributed by atoms with van der Waals surface area (Å²) in [5, 5.41) is 0. The molecule has 2 aliphatic heterocycles. The van der Waals surface area contributed by atoms with Crippen molar-refractivity contribution < 1.29 is 4.11 Å². The lowest BCUT2D eigenvalue weighted by Gasteiger charge is -2.08. The van der Waals surface area contributed by atoms with E-state index in [0.29, 0.717) is 0 Å². The third-order valence-electron chi connectivity index (χ3n) is 1.10. The predicted octanol–water partition coefficient (Wildman–Crippen LogP) is -0.806. The molecule has 1 unspecified atom stereocenters. The number of hydrogen-bond acceptors (Lipinski definition) is 5. The standard InChI is InChI=1S/C5H5N5/c6-4-3-5(9-1-7-3)10-2-8-4/h1-3H,(H2,6,7,8,9,10)/i1T,2T,3T. The van der Waals surface area contributed by atoms with Crippen LogP contribution in [0.1, 0.15) is 4.11 Å². The molecule has 0 amide bonds. The Bertz CT molecular complexity index is 395. The highest BCUT2D eigenvalue weighted by Gasteiger charge is 2.23. The fraction of sp³-hybridized carbons (Fsp3) is 0.200. The summed E-state index contributed by atoms with van der Waals surface area (Å²) in [5.74, 6) is -0.233. The van der Waals surface area contributed by atoms with Crippen LogP contribution in [0.3, 0.4) is 0 Å². The summed E-state index contributed by atoms with van der Waals surface area (Å²) in [7, 11) is 0. The smallest absolute Gasteiger partial charge is 0.168 e. The monoisotopic (exact) mass is 141 g/mol. The topological polar surface area (TPSA) is 75.5 Å². The van der Waals surface area contributed by atoms with Gasteiger partial charge in [-0.2, -0.15) is 0 Å².